The number of carbonyl (C=O) groups excluding carboxylic acids is 1. The van der Waals surface area contributed by atoms with Gasteiger partial charge in [0.05, 0.1) is 7.11 Å². The number of hydrogen-bond donors (Lipinski definition) is 2. The van der Waals surface area contributed by atoms with Crippen LogP contribution in [-0.4, -0.2) is 19.9 Å². The first-order valence-electron chi connectivity index (χ1n) is 7.02. The molecule has 0 bridgehead atoms. The molecule has 0 aliphatic carbocycles. The summed E-state index contributed by atoms with van der Waals surface area (Å²) in [5, 5.41) is 5.42. The van der Waals surface area contributed by atoms with Gasteiger partial charge in [-0.3, -0.25) is 0 Å². The summed E-state index contributed by atoms with van der Waals surface area (Å²) in [5.41, 5.74) is 2.22. The Morgan fingerprint density at radius 2 is 1.82 bits per heavy atom. The van der Waals surface area contributed by atoms with Crippen LogP contribution in [0.15, 0.2) is 48.5 Å². The van der Waals surface area contributed by atoms with Gasteiger partial charge in [0.15, 0.2) is 18.2 Å². The van der Waals surface area contributed by atoms with Crippen molar-refractivity contribution < 1.29 is 14.3 Å². The van der Waals surface area contributed by atoms with Gasteiger partial charge in [0.2, 0.25) is 0 Å². The topological polar surface area (TPSA) is 59.6 Å². The molecule has 0 spiro atoms. The van der Waals surface area contributed by atoms with E-state index >= 15 is 0 Å². The number of methoxy groups -OCH3 is 1. The summed E-state index contributed by atoms with van der Waals surface area (Å²) in [7, 11) is 1.57. The molecule has 2 N–H and O–H groups in total. The van der Waals surface area contributed by atoms with Crippen molar-refractivity contribution in [1.82, 2.24) is 10.6 Å². The van der Waals surface area contributed by atoms with Gasteiger partial charge < -0.3 is 20.1 Å². The highest BCUT2D eigenvalue weighted by Crippen LogP contribution is 2.25. The fourth-order valence-corrected chi connectivity index (χ4v) is 1.98. The summed E-state index contributed by atoms with van der Waals surface area (Å²) in [6, 6.07) is 15.0. The van der Waals surface area contributed by atoms with E-state index in [1.165, 1.54) is 5.56 Å². The van der Waals surface area contributed by atoms with Gasteiger partial charge in [0.1, 0.15) is 0 Å². The predicted molar refractivity (Wildman–Crippen MR) is 85.0 cm³/mol. The summed E-state index contributed by atoms with van der Waals surface area (Å²) in [6.07, 6.45) is 0. The van der Waals surface area contributed by atoms with Gasteiger partial charge in [0, 0.05) is 6.54 Å². The lowest BCUT2D eigenvalue weighted by Gasteiger charge is -2.12. The number of nitrogens with one attached hydrogen (secondary N) is 2. The van der Waals surface area contributed by atoms with E-state index in [1.807, 2.05) is 43.3 Å². The largest absolute Gasteiger partial charge is 0.493 e. The molecule has 0 unspecified atom stereocenters. The van der Waals surface area contributed by atoms with Crippen LogP contribution in [0, 0.1) is 6.92 Å². The van der Waals surface area contributed by atoms with E-state index in [2.05, 4.69) is 10.6 Å². The molecule has 22 heavy (non-hydrogen) atoms. The third kappa shape index (κ3) is 4.70. The quantitative estimate of drug-likeness (QED) is 0.807. The van der Waals surface area contributed by atoms with Crippen LogP contribution < -0.4 is 20.1 Å². The van der Waals surface area contributed by atoms with Crippen molar-refractivity contribution in [3.05, 3.63) is 59.7 Å². The second-order valence-electron chi connectivity index (χ2n) is 4.79. The normalized spacial score (nSPS) is 9.91. The van der Waals surface area contributed by atoms with Gasteiger partial charge in [-0.25, -0.2) is 4.79 Å². The maximum absolute atomic E-state index is 11.7. The summed E-state index contributed by atoms with van der Waals surface area (Å²) >= 11 is 0. The molecule has 2 aromatic rings. The lowest BCUT2D eigenvalue weighted by atomic mass is 10.1. The van der Waals surface area contributed by atoms with Gasteiger partial charge in [-0.15, -0.1) is 0 Å². The number of hydrogen-bond acceptors (Lipinski definition) is 3. The Labute approximate surface area is 130 Å². The molecule has 0 aliphatic rings. The number of amides is 2. The van der Waals surface area contributed by atoms with E-state index in [0.717, 1.165) is 5.56 Å². The second-order valence-corrected chi connectivity index (χ2v) is 4.79. The molecule has 0 heterocycles. The average Bonchev–Trinajstić information content (AvgIpc) is 2.53. The summed E-state index contributed by atoms with van der Waals surface area (Å²) in [5.74, 6) is 1.22. The number of aryl methyl sites for hydroxylation is 1. The van der Waals surface area contributed by atoms with Crippen molar-refractivity contribution in [2.24, 2.45) is 0 Å². The molecule has 0 aromatic heterocycles. The highest BCUT2D eigenvalue weighted by Gasteiger charge is 2.04. The minimum atomic E-state index is -0.281. The first-order chi connectivity index (χ1) is 10.7. The first-order valence-corrected chi connectivity index (χ1v) is 7.02. The zero-order valence-corrected chi connectivity index (χ0v) is 12.8. The molecule has 5 nitrogen and oxygen atoms in total. The zero-order chi connectivity index (χ0) is 15.8. The highest BCUT2D eigenvalue weighted by atomic mass is 16.5. The molecule has 2 aromatic carbocycles. The van der Waals surface area contributed by atoms with E-state index in [4.69, 9.17) is 9.47 Å². The number of carbonyl (C=O) groups is 1. The Bertz CT molecular complexity index is 629. The maximum atomic E-state index is 11.7. The van der Waals surface area contributed by atoms with Crippen LogP contribution in [0.4, 0.5) is 4.79 Å². The van der Waals surface area contributed by atoms with Crippen LogP contribution in [0.2, 0.25) is 0 Å². The first kappa shape index (κ1) is 15.7. The van der Waals surface area contributed by atoms with E-state index in [0.29, 0.717) is 18.0 Å². The van der Waals surface area contributed by atoms with Crippen LogP contribution >= 0.6 is 0 Å². The Morgan fingerprint density at radius 3 is 2.55 bits per heavy atom. The van der Waals surface area contributed by atoms with E-state index in [9.17, 15) is 4.79 Å². The Balaban J connectivity index is 1.74. The van der Waals surface area contributed by atoms with Crippen molar-refractivity contribution >= 4 is 6.03 Å². The molecule has 2 amide bonds. The van der Waals surface area contributed by atoms with Crippen LogP contribution in [-0.2, 0) is 6.54 Å². The fourth-order valence-electron chi connectivity index (χ4n) is 1.98. The minimum absolute atomic E-state index is 0.0695. The molecule has 0 aliphatic heterocycles. The van der Waals surface area contributed by atoms with Gasteiger partial charge in [0.25, 0.3) is 0 Å². The Morgan fingerprint density at radius 1 is 1.05 bits per heavy atom. The zero-order valence-electron chi connectivity index (χ0n) is 12.8. The molecule has 116 valence electrons. The Hall–Kier alpha value is -2.69. The molecule has 5 heteroatoms. The lowest BCUT2D eigenvalue weighted by molar-refractivity contribution is 0.221. The number of benzene rings is 2. The smallest absolute Gasteiger partial charge is 0.317 e. The van der Waals surface area contributed by atoms with Crippen molar-refractivity contribution in [2.75, 3.05) is 13.8 Å². The predicted octanol–water partition coefficient (Wildman–Crippen LogP) is 2.84. The minimum Gasteiger partial charge on any atom is -0.493 e. The molecule has 0 saturated carbocycles. The molecule has 0 atom stereocenters. The van der Waals surface area contributed by atoms with Gasteiger partial charge in [-0.1, -0.05) is 42.0 Å². The average molecular weight is 300 g/mol. The SMILES string of the molecule is COc1ccccc1OCNC(=O)NCc1cccc(C)c1. The number of rotatable bonds is 6. The van der Waals surface area contributed by atoms with E-state index in [-0.39, 0.29) is 12.8 Å². The monoisotopic (exact) mass is 300 g/mol. The van der Waals surface area contributed by atoms with Gasteiger partial charge in [-0.05, 0) is 24.6 Å². The highest BCUT2D eigenvalue weighted by molar-refractivity contribution is 5.73. The van der Waals surface area contributed by atoms with Crippen LogP contribution in [0.5, 0.6) is 11.5 Å². The number of ether oxygens (including phenoxy) is 2. The van der Waals surface area contributed by atoms with Gasteiger partial charge in [-0.2, -0.15) is 0 Å². The molecule has 2 rings (SSSR count). The van der Waals surface area contributed by atoms with Crippen molar-refractivity contribution in [3.63, 3.8) is 0 Å². The molecule has 0 fully saturated rings. The van der Waals surface area contributed by atoms with Gasteiger partial charge >= 0.3 is 6.03 Å². The molecular weight excluding hydrogens is 280 g/mol. The van der Waals surface area contributed by atoms with Crippen molar-refractivity contribution in [1.29, 1.82) is 0 Å². The van der Waals surface area contributed by atoms with Crippen LogP contribution in [0.25, 0.3) is 0 Å². The molecular formula is C17H20N2O3. The van der Waals surface area contributed by atoms with E-state index in [1.54, 1.807) is 19.2 Å². The van der Waals surface area contributed by atoms with Crippen LogP contribution in [0.3, 0.4) is 0 Å². The number of para-hydroxylation sites is 2. The van der Waals surface area contributed by atoms with Crippen molar-refractivity contribution in [2.45, 2.75) is 13.5 Å². The summed E-state index contributed by atoms with van der Waals surface area (Å²) in [6.45, 7) is 2.56. The third-order valence-corrected chi connectivity index (χ3v) is 3.07. The van der Waals surface area contributed by atoms with Crippen LogP contribution in [0.1, 0.15) is 11.1 Å². The second kappa shape index (κ2) is 7.93. The lowest BCUT2D eigenvalue weighted by Crippen LogP contribution is -2.37. The summed E-state index contributed by atoms with van der Waals surface area (Å²) < 4.78 is 10.6. The molecule has 0 saturated heterocycles. The maximum Gasteiger partial charge on any atom is 0.317 e. The summed E-state index contributed by atoms with van der Waals surface area (Å²) in [4.78, 5) is 11.7. The Kier molecular flexibility index (Phi) is 5.65. The number of urea groups is 1. The standard InChI is InChI=1S/C17H20N2O3/c1-13-6-5-7-14(10-13)11-18-17(20)19-12-22-16-9-4-3-8-15(16)21-2/h3-10H,11-12H2,1-2H3,(H2,18,19,20). The molecule has 0 radical (unpaired) electrons. The fraction of sp³-hybridized carbons (Fsp3) is 0.235. The third-order valence-electron chi connectivity index (χ3n) is 3.07. The van der Waals surface area contributed by atoms with E-state index < -0.39 is 0 Å². The van der Waals surface area contributed by atoms with Crippen molar-refractivity contribution in [3.8, 4) is 11.5 Å².